The average Bonchev–Trinajstić information content (AvgIpc) is 2.17. The van der Waals surface area contributed by atoms with Crippen LogP contribution in [0.4, 0.5) is 13.2 Å². The number of alkyl halides is 3. The minimum Gasteiger partial charge on any atom is -0.858 e. The monoisotopic (exact) mass is 216 g/mol. The molecular formula is C9H5F3NO2-. The first-order valence-electron chi connectivity index (χ1n) is 3.83. The van der Waals surface area contributed by atoms with Crippen LogP contribution >= 0.6 is 0 Å². The Morgan fingerprint density at radius 1 is 1.20 bits per heavy atom. The lowest BCUT2D eigenvalue weighted by molar-refractivity contribution is -0.214. The van der Waals surface area contributed by atoms with Crippen molar-refractivity contribution in [3.05, 3.63) is 35.9 Å². The van der Waals surface area contributed by atoms with Crippen molar-refractivity contribution in [1.29, 1.82) is 0 Å². The second kappa shape index (κ2) is 4.12. The molecular weight excluding hydrogens is 211 g/mol. The Bertz CT molecular complexity index is 384. The van der Waals surface area contributed by atoms with Crippen LogP contribution in [0.25, 0.3) is 0 Å². The lowest BCUT2D eigenvalue weighted by Crippen LogP contribution is -2.27. The maximum Gasteiger partial charge on any atom is 0.473 e. The topological polar surface area (TPSA) is 52.5 Å². The highest BCUT2D eigenvalue weighted by atomic mass is 19.4. The molecule has 0 fully saturated rings. The second-order valence-electron chi connectivity index (χ2n) is 2.59. The van der Waals surface area contributed by atoms with Crippen molar-refractivity contribution in [1.82, 2.24) is 0 Å². The number of halogens is 3. The number of nitrogens with zero attached hydrogens (tertiary/aromatic N) is 1. The maximum absolute atomic E-state index is 11.7. The zero-order valence-electron chi connectivity index (χ0n) is 7.28. The van der Waals surface area contributed by atoms with E-state index in [2.05, 4.69) is 4.99 Å². The molecule has 0 aliphatic carbocycles. The summed E-state index contributed by atoms with van der Waals surface area (Å²) in [6, 6.07) is 7.05. The lowest BCUT2D eigenvalue weighted by Gasteiger charge is -2.10. The van der Waals surface area contributed by atoms with E-state index in [1.807, 2.05) is 0 Å². The van der Waals surface area contributed by atoms with Gasteiger partial charge in [-0.2, -0.15) is 13.2 Å². The Morgan fingerprint density at radius 2 is 1.73 bits per heavy atom. The average molecular weight is 216 g/mol. The molecule has 1 aromatic carbocycles. The summed E-state index contributed by atoms with van der Waals surface area (Å²) in [6.07, 6.45) is -5.11. The molecule has 0 heterocycles. The summed E-state index contributed by atoms with van der Waals surface area (Å²) in [4.78, 5) is 12.8. The summed E-state index contributed by atoms with van der Waals surface area (Å²) in [7, 11) is 0. The van der Waals surface area contributed by atoms with Gasteiger partial charge in [-0.25, -0.2) is 4.99 Å². The fourth-order valence-electron chi connectivity index (χ4n) is 0.801. The first-order valence-corrected chi connectivity index (χ1v) is 3.83. The largest absolute Gasteiger partial charge is 0.858 e. The predicted molar refractivity (Wildman–Crippen MR) is 44.0 cm³/mol. The summed E-state index contributed by atoms with van der Waals surface area (Å²) in [6.45, 7) is 0. The van der Waals surface area contributed by atoms with E-state index in [4.69, 9.17) is 0 Å². The van der Waals surface area contributed by atoms with Crippen molar-refractivity contribution in [2.75, 3.05) is 0 Å². The molecule has 0 saturated heterocycles. The quantitative estimate of drug-likeness (QED) is 0.517. The third-order valence-electron chi connectivity index (χ3n) is 1.47. The normalized spacial score (nSPS) is 12.6. The maximum atomic E-state index is 11.7. The Kier molecular flexibility index (Phi) is 3.08. The molecule has 15 heavy (non-hydrogen) atoms. The third kappa shape index (κ3) is 3.08. The van der Waals surface area contributed by atoms with Gasteiger partial charge in [0.2, 0.25) is 0 Å². The molecule has 0 aliphatic rings. The molecule has 6 heteroatoms. The molecule has 0 unspecified atom stereocenters. The van der Waals surface area contributed by atoms with Gasteiger partial charge in [-0.05, 0) is 11.5 Å². The van der Waals surface area contributed by atoms with Crippen molar-refractivity contribution in [3.63, 3.8) is 0 Å². The molecule has 1 amide bonds. The van der Waals surface area contributed by atoms with Crippen LogP contribution in [0.1, 0.15) is 5.56 Å². The molecule has 0 aliphatic heterocycles. The highest BCUT2D eigenvalue weighted by Crippen LogP contribution is 2.16. The van der Waals surface area contributed by atoms with Gasteiger partial charge in [0.25, 0.3) is 0 Å². The van der Waals surface area contributed by atoms with Gasteiger partial charge >= 0.3 is 12.1 Å². The van der Waals surface area contributed by atoms with Crippen molar-refractivity contribution in [2.24, 2.45) is 4.99 Å². The minimum atomic E-state index is -5.11. The van der Waals surface area contributed by atoms with Gasteiger partial charge in [0.05, 0.1) is 0 Å². The SMILES string of the molecule is O=C(N=C([O-])c1ccccc1)C(F)(F)F. The van der Waals surface area contributed by atoms with E-state index >= 15 is 0 Å². The first kappa shape index (κ1) is 11.2. The van der Waals surface area contributed by atoms with Crippen molar-refractivity contribution >= 4 is 11.8 Å². The number of amides is 1. The van der Waals surface area contributed by atoms with E-state index < -0.39 is 18.0 Å². The van der Waals surface area contributed by atoms with Crippen LogP contribution in [-0.2, 0) is 4.79 Å². The van der Waals surface area contributed by atoms with E-state index in [9.17, 15) is 23.1 Å². The summed E-state index contributed by atoms with van der Waals surface area (Å²) < 4.78 is 35.2. The van der Waals surface area contributed by atoms with Crippen LogP contribution in [0.5, 0.6) is 0 Å². The van der Waals surface area contributed by atoms with E-state index in [0.717, 1.165) is 0 Å². The predicted octanol–water partition coefficient (Wildman–Crippen LogP) is 0.882. The fraction of sp³-hybridized carbons (Fsp3) is 0.111. The highest BCUT2D eigenvalue weighted by molar-refractivity contribution is 6.00. The fourth-order valence-corrected chi connectivity index (χ4v) is 0.801. The zero-order chi connectivity index (χ0) is 11.5. The van der Waals surface area contributed by atoms with Crippen molar-refractivity contribution in [2.45, 2.75) is 6.18 Å². The first-order chi connectivity index (χ1) is 6.91. The molecule has 0 aromatic heterocycles. The molecule has 80 valence electrons. The van der Waals surface area contributed by atoms with Gasteiger partial charge < -0.3 is 5.11 Å². The van der Waals surface area contributed by atoms with Crippen LogP contribution in [0.3, 0.4) is 0 Å². The Balaban J connectivity index is 2.91. The molecule has 0 spiro atoms. The number of hydrogen-bond acceptors (Lipinski definition) is 2. The summed E-state index contributed by atoms with van der Waals surface area (Å²) >= 11 is 0. The van der Waals surface area contributed by atoms with E-state index in [1.54, 1.807) is 6.07 Å². The number of aliphatic imine (C=N–C) groups is 1. The van der Waals surface area contributed by atoms with Crippen LogP contribution < -0.4 is 5.11 Å². The van der Waals surface area contributed by atoms with Crippen LogP contribution in [-0.4, -0.2) is 18.0 Å². The van der Waals surface area contributed by atoms with Crippen LogP contribution in [0.15, 0.2) is 35.3 Å². The van der Waals surface area contributed by atoms with Crippen LogP contribution in [0, 0.1) is 0 Å². The standard InChI is InChI=1S/C9H6F3NO2/c10-9(11,12)8(15)13-7(14)6-4-2-1-3-5-6/h1-5H,(H,13,14,15)/p-1. The minimum absolute atomic E-state index is 0.0601. The van der Waals surface area contributed by atoms with Crippen LogP contribution in [0.2, 0.25) is 0 Å². The van der Waals surface area contributed by atoms with Gasteiger partial charge in [0.1, 0.15) is 0 Å². The van der Waals surface area contributed by atoms with Crippen molar-refractivity contribution in [3.8, 4) is 0 Å². The smallest absolute Gasteiger partial charge is 0.473 e. The number of benzene rings is 1. The number of carbonyl (C=O) groups is 1. The van der Waals surface area contributed by atoms with Gasteiger partial charge in [-0.1, -0.05) is 30.3 Å². The number of rotatable bonds is 1. The summed E-state index contributed by atoms with van der Waals surface area (Å²) in [5.74, 6) is -3.59. The summed E-state index contributed by atoms with van der Waals surface area (Å²) in [5, 5.41) is 11.0. The lowest BCUT2D eigenvalue weighted by atomic mass is 10.2. The van der Waals surface area contributed by atoms with Gasteiger partial charge in [-0.3, -0.25) is 4.79 Å². The van der Waals surface area contributed by atoms with E-state index in [-0.39, 0.29) is 5.56 Å². The molecule has 1 aromatic rings. The molecule has 0 N–H and O–H groups in total. The summed E-state index contributed by atoms with van der Waals surface area (Å²) in [5.41, 5.74) is -0.0601. The van der Waals surface area contributed by atoms with Gasteiger partial charge in [0.15, 0.2) is 0 Å². The second-order valence-corrected chi connectivity index (χ2v) is 2.59. The van der Waals surface area contributed by atoms with Gasteiger partial charge in [-0.15, -0.1) is 0 Å². The van der Waals surface area contributed by atoms with E-state index in [1.165, 1.54) is 24.3 Å². The van der Waals surface area contributed by atoms with Gasteiger partial charge in [0, 0.05) is 0 Å². The Hall–Kier alpha value is -1.85. The van der Waals surface area contributed by atoms with Crippen molar-refractivity contribution < 1.29 is 23.1 Å². The molecule has 0 atom stereocenters. The Morgan fingerprint density at radius 3 is 2.20 bits per heavy atom. The molecule has 0 saturated carbocycles. The van der Waals surface area contributed by atoms with E-state index in [0.29, 0.717) is 0 Å². The molecule has 1 rings (SSSR count). The number of carbonyl (C=O) groups excluding carboxylic acids is 1. The number of hydrogen-bond donors (Lipinski definition) is 0. The molecule has 0 bridgehead atoms. The Labute approximate surface area is 82.9 Å². The molecule has 3 nitrogen and oxygen atoms in total. The highest BCUT2D eigenvalue weighted by Gasteiger charge is 2.38. The zero-order valence-corrected chi connectivity index (χ0v) is 7.28. The molecule has 0 radical (unpaired) electrons. The third-order valence-corrected chi connectivity index (χ3v) is 1.47.